The molecular formula is C13H14O3S. The van der Waals surface area contributed by atoms with Gasteiger partial charge in [0.05, 0.1) is 0 Å². The van der Waals surface area contributed by atoms with Crippen LogP contribution in [0.25, 0.3) is 6.08 Å². The predicted octanol–water partition coefficient (Wildman–Crippen LogP) is 2.89. The van der Waals surface area contributed by atoms with Gasteiger partial charge in [0.2, 0.25) is 0 Å². The summed E-state index contributed by atoms with van der Waals surface area (Å²) >= 11 is 1.26. The van der Waals surface area contributed by atoms with E-state index in [4.69, 9.17) is 0 Å². The summed E-state index contributed by atoms with van der Waals surface area (Å²) in [7, 11) is 0. The summed E-state index contributed by atoms with van der Waals surface area (Å²) in [5.74, 6) is 0.792. The van der Waals surface area contributed by atoms with Crippen molar-refractivity contribution in [1.29, 1.82) is 0 Å². The summed E-state index contributed by atoms with van der Waals surface area (Å²) in [6, 6.07) is 4.82. The number of aromatic hydroxyl groups is 1. The Morgan fingerprint density at radius 1 is 1.47 bits per heavy atom. The number of carbonyl (C=O) groups is 2. The van der Waals surface area contributed by atoms with Crippen LogP contribution < -0.4 is 0 Å². The standard InChI is InChI=1S/C13H14O3S/c1-10(15)17-8-3-2-6-12-11(9-14)5-4-7-13(12)16/h2,4-7,9,16H,3,8H2,1H3. The molecule has 0 aliphatic rings. The van der Waals surface area contributed by atoms with Crippen LogP contribution in [-0.4, -0.2) is 22.3 Å². The zero-order chi connectivity index (χ0) is 12.7. The van der Waals surface area contributed by atoms with Crippen molar-refractivity contribution in [3.63, 3.8) is 0 Å². The average Bonchev–Trinajstić information content (AvgIpc) is 2.30. The second-order valence-corrected chi connectivity index (χ2v) is 4.70. The Morgan fingerprint density at radius 3 is 2.88 bits per heavy atom. The minimum absolute atomic E-state index is 0.0880. The van der Waals surface area contributed by atoms with E-state index in [9.17, 15) is 14.7 Å². The van der Waals surface area contributed by atoms with E-state index in [1.165, 1.54) is 24.8 Å². The van der Waals surface area contributed by atoms with Crippen molar-refractivity contribution < 1.29 is 14.7 Å². The Hall–Kier alpha value is -1.55. The largest absolute Gasteiger partial charge is 0.507 e. The van der Waals surface area contributed by atoms with Gasteiger partial charge >= 0.3 is 0 Å². The molecule has 0 heterocycles. The molecule has 0 saturated heterocycles. The molecule has 0 atom stereocenters. The number of carbonyl (C=O) groups excluding carboxylic acids is 2. The summed E-state index contributed by atoms with van der Waals surface area (Å²) in [5, 5.41) is 9.69. The quantitative estimate of drug-likeness (QED) is 0.645. The first kappa shape index (κ1) is 13.5. The van der Waals surface area contributed by atoms with Crippen LogP contribution in [0.1, 0.15) is 29.3 Å². The van der Waals surface area contributed by atoms with Gasteiger partial charge < -0.3 is 5.11 Å². The van der Waals surface area contributed by atoms with Gasteiger partial charge in [0.25, 0.3) is 0 Å². The Bertz CT molecular complexity index is 438. The first-order chi connectivity index (χ1) is 8.15. The number of phenols is 1. The fourth-order valence-corrected chi connectivity index (χ4v) is 1.87. The Morgan fingerprint density at radius 2 is 2.24 bits per heavy atom. The minimum Gasteiger partial charge on any atom is -0.507 e. The zero-order valence-corrected chi connectivity index (χ0v) is 10.4. The van der Waals surface area contributed by atoms with Gasteiger partial charge in [-0.2, -0.15) is 0 Å². The number of hydrogen-bond donors (Lipinski definition) is 1. The minimum atomic E-state index is 0.0880. The maximum atomic E-state index is 10.8. The van der Waals surface area contributed by atoms with E-state index in [1.807, 2.05) is 6.08 Å². The lowest BCUT2D eigenvalue weighted by atomic mass is 10.1. The lowest BCUT2D eigenvalue weighted by Crippen LogP contribution is -1.87. The van der Waals surface area contributed by atoms with E-state index < -0.39 is 0 Å². The van der Waals surface area contributed by atoms with Gasteiger partial charge in [-0.05, 0) is 12.5 Å². The van der Waals surface area contributed by atoms with E-state index in [0.29, 0.717) is 23.2 Å². The fourth-order valence-electron chi connectivity index (χ4n) is 1.33. The van der Waals surface area contributed by atoms with E-state index >= 15 is 0 Å². The molecule has 0 saturated carbocycles. The molecule has 0 fully saturated rings. The summed E-state index contributed by atoms with van der Waals surface area (Å²) in [5.41, 5.74) is 0.982. The molecule has 0 amide bonds. The molecule has 17 heavy (non-hydrogen) atoms. The van der Waals surface area contributed by atoms with Crippen molar-refractivity contribution in [2.24, 2.45) is 0 Å². The Balaban J connectivity index is 2.64. The molecule has 0 spiro atoms. The highest BCUT2D eigenvalue weighted by molar-refractivity contribution is 8.13. The number of thioether (sulfide) groups is 1. The van der Waals surface area contributed by atoms with Crippen LogP contribution in [0.2, 0.25) is 0 Å². The molecule has 4 heteroatoms. The highest BCUT2D eigenvalue weighted by atomic mass is 32.2. The number of benzene rings is 1. The van der Waals surface area contributed by atoms with E-state index in [2.05, 4.69) is 0 Å². The van der Waals surface area contributed by atoms with Gasteiger partial charge in [-0.15, -0.1) is 0 Å². The molecule has 0 aliphatic heterocycles. The molecule has 1 N–H and O–H groups in total. The van der Waals surface area contributed by atoms with Gasteiger partial charge in [0.1, 0.15) is 5.75 Å². The average molecular weight is 250 g/mol. The SMILES string of the molecule is CC(=O)SCCC=Cc1c(O)cccc1C=O. The fraction of sp³-hybridized carbons (Fsp3) is 0.231. The zero-order valence-electron chi connectivity index (χ0n) is 9.55. The van der Waals surface area contributed by atoms with E-state index in [0.717, 1.165) is 6.42 Å². The summed E-state index contributed by atoms with van der Waals surface area (Å²) in [4.78, 5) is 21.4. The maximum Gasteiger partial charge on any atom is 0.185 e. The maximum absolute atomic E-state index is 10.8. The molecule has 0 unspecified atom stereocenters. The second-order valence-electron chi connectivity index (χ2n) is 3.43. The molecular weight excluding hydrogens is 236 g/mol. The predicted molar refractivity (Wildman–Crippen MR) is 70.3 cm³/mol. The summed E-state index contributed by atoms with van der Waals surface area (Å²) in [6.07, 6.45) is 4.98. The number of phenolic OH excluding ortho intramolecular Hbond substituents is 1. The smallest absolute Gasteiger partial charge is 0.185 e. The molecule has 1 aromatic carbocycles. The van der Waals surface area contributed by atoms with Gasteiger partial charge in [0, 0.05) is 23.8 Å². The van der Waals surface area contributed by atoms with Crippen LogP contribution in [0.4, 0.5) is 0 Å². The van der Waals surface area contributed by atoms with Crippen molar-refractivity contribution in [2.75, 3.05) is 5.75 Å². The van der Waals surface area contributed by atoms with Crippen LogP contribution in [0.3, 0.4) is 0 Å². The normalized spacial score (nSPS) is 10.6. The summed E-state index contributed by atoms with van der Waals surface area (Å²) in [6.45, 7) is 1.53. The highest BCUT2D eigenvalue weighted by Crippen LogP contribution is 2.21. The van der Waals surface area contributed by atoms with E-state index in [-0.39, 0.29) is 10.9 Å². The molecule has 1 aromatic rings. The molecule has 3 nitrogen and oxygen atoms in total. The number of rotatable bonds is 5. The summed E-state index contributed by atoms with van der Waals surface area (Å²) < 4.78 is 0. The molecule has 1 rings (SSSR count). The Labute approximate surface area is 105 Å². The van der Waals surface area contributed by atoms with Crippen LogP contribution in [0, 0.1) is 0 Å². The lowest BCUT2D eigenvalue weighted by molar-refractivity contribution is -0.109. The lowest BCUT2D eigenvalue weighted by Gasteiger charge is -2.01. The van der Waals surface area contributed by atoms with Gasteiger partial charge in [-0.1, -0.05) is 36.0 Å². The van der Waals surface area contributed by atoms with Crippen molar-refractivity contribution in [1.82, 2.24) is 0 Å². The van der Waals surface area contributed by atoms with Crippen LogP contribution >= 0.6 is 11.8 Å². The third kappa shape index (κ3) is 4.44. The van der Waals surface area contributed by atoms with Crippen LogP contribution in [0.5, 0.6) is 5.75 Å². The number of hydrogen-bond acceptors (Lipinski definition) is 4. The molecule has 90 valence electrons. The number of allylic oxidation sites excluding steroid dienone is 1. The second kappa shape index (κ2) is 6.91. The number of aldehydes is 1. The topological polar surface area (TPSA) is 54.4 Å². The highest BCUT2D eigenvalue weighted by Gasteiger charge is 2.02. The van der Waals surface area contributed by atoms with Crippen LogP contribution in [-0.2, 0) is 4.79 Å². The first-order valence-electron chi connectivity index (χ1n) is 5.22. The molecule has 0 bridgehead atoms. The van der Waals surface area contributed by atoms with Crippen LogP contribution in [0.15, 0.2) is 24.3 Å². The van der Waals surface area contributed by atoms with Crippen molar-refractivity contribution in [2.45, 2.75) is 13.3 Å². The van der Waals surface area contributed by atoms with Gasteiger partial charge in [0.15, 0.2) is 11.4 Å². The molecule has 0 radical (unpaired) electrons. The van der Waals surface area contributed by atoms with Crippen molar-refractivity contribution in [3.05, 3.63) is 35.4 Å². The third-order valence-corrected chi connectivity index (χ3v) is 2.96. The van der Waals surface area contributed by atoms with Crippen molar-refractivity contribution >= 4 is 29.2 Å². The van der Waals surface area contributed by atoms with Gasteiger partial charge in [-0.3, -0.25) is 9.59 Å². The third-order valence-electron chi connectivity index (χ3n) is 2.12. The first-order valence-corrected chi connectivity index (χ1v) is 6.20. The monoisotopic (exact) mass is 250 g/mol. The van der Waals surface area contributed by atoms with Gasteiger partial charge in [-0.25, -0.2) is 0 Å². The Kier molecular flexibility index (Phi) is 5.49. The van der Waals surface area contributed by atoms with Crippen molar-refractivity contribution in [3.8, 4) is 5.75 Å². The molecule has 0 aromatic heterocycles. The molecule has 0 aliphatic carbocycles. The van der Waals surface area contributed by atoms with E-state index in [1.54, 1.807) is 18.2 Å².